The van der Waals surface area contributed by atoms with Crippen LogP contribution in [0.15, 0.2) is 12.7 Å². The number of aliphatic hydroxyl groups excluding tert-OH is 2. The maximum Gasteiger partial charge on any atom is 0.219 e. The quantitative estimate of drug-likeness (QED) is 0.210. The zero-order chi connectivity index (χ0) is 8.69. The molecule has 0 saturated heterocycles. The third-order valence-corrected chi connectivity index (χ3v) is 0.983. The predicted octanol–water partition coefficient (Wildman–Crippen LogP) is -0.642. The average Bonchev–Trinajstić information content (AvgIpc) is 2.05. The molecule has 0 spiro atoms. The molecule has 11 heavy (non-hydrogen) atoms. The van der Waals surface area contributed by atoms with Crippen molar-refractivity contribution in [3.8, 4) is 0 Å². The molecular weight excluding hydrogens is 152 g/mol. The number of ether oxygens (including phenoxy) is 1. The lowest BCUT2D eigenvalue weighted by molar-refractivity contribution is -0.365. The normalized spacial score (nSPS) is 15.9. The Bertz CT molecular complexity index is 105. The summed E-state index contributed by atoms with van der Waals surface area (Å²) in [5.74, 6) is 0. The summed E-state index contributed by atoms with van der Waals surface area (Å²) in [6.07, 6.45) is -1.05. The molecular formula is C6H12O5. The molecule has 3 N–H and O–H groups in total. The van der Waals surface area contributed by atoms with Gasteiger partial charge in [0, 0.05) is 0 Å². The fourth-order valence-electron chi connectivity index (χ4n) is 0.461. The van der Waals surface area contributed by atoms with E-state index < -0.39 is 19.0 Å². The lowest BCUT2D eigenvalue weighted by atomic mass is 10.4. The van der Waals surface area contributed by atoms with Gasteiger partial charge in [0.15, 0.2) is 0 Å². The molecule has 5 nitrogen and oxygen atoms in total. The molecule has 0 aromatic rings. The van der Waals surface area contributed by atoms with Gasteiger partial charge in [0.1, 0.15) is 6.10 Å². The first-order chi connectivity index (χ1) is 5.26. The van der Waals surface area contributed by atoms with Gasteiger partial charge in [-0.2, -0.15) is 0 Å². The SMILES string of the molecule is C=CCOC(OO)C(O)CO. The smallest absolute Gasteiger partial charge is 0.219 e. The van der Waals surface area contributed by atoms with Crippen molar-refractivity contribution >= 4 is 0 Å². The van der Waals surface area contributed by atoms with Crippen LogP contribution in [0.5, 0.6) is 0 Å². The Morgan fingerprint density at radius 1 is 1.55 bits per heavy atom. The van der Waals surface area contributed by atoms with E-state index in [1.807, 2.05) is 0 Å². The van der Waals surface area contributed by atoms with Crippen LogP contribution >= 0.6 is 0 Å². The number of rotatable bonds is 6. The standard InChI is InChI=1S/C6H12O5/c1-2-3-10-6(11-9)5(8)4-7/h2,5-9H,1,3-4H2. The summed E-state index contributed by atoms with van der Waals surface area (Å²) in [7, 11) is 0. The largest absolute Gasteiger partial charge is 0.393 e. The van der Waals surface area contributed by atoms with Crippen LogP contribution in [0.4, 0.5) is 0 Å². The van der Waals surface area contributed by atoms with Gasteiger partial charge < -0.3 is 14.9 Å². The Morgan fingerprint density at radius 2 is 2.18 bits per heavy atom. The van der Waals surface area contributed by atoms with E-state index in [0.717, 1.165) is 0 Å². The molecule has 0 aromatic carbocycles. The van der Waals surface area contributed by atoms with Gasteiger partial charge in [-0.3, -0.25) is 0 Å². The van der Waals surface area contributed by atoms with Crippen molar-refractivity contribution in [2.24, 2.45) is 0 Å². The Hall–Kier alpha value is -0.460. The topological polar surface area (TPSA) is 79.2 Å². The van der Waals surface area contributed by atoms with Crippen LogP contribution in [-0.4, -0.2) is 41.1 Å². The molecule has 2 atom stereocenters. The van der Waals surface area contributed by atoms with Gasteiger partial charge in [-0.05, 0) is 0 Å². The van der Waals surface area contributed by atoms with E-state index in [-0.39, 0.29) is 6.61 Å². The van der Waals surface area contributed by atoms with Gasteiger partial charge in [0.05, 0.1) is 13.2 Å². The molecule has 5 heteroatoms. The number of hydrogen-bond donors (Lipinski definition) is 3. The number of hydrogen-bond acceptors (Lipinski definition) is 5. The van der Waals surface area contributed by atoms with E-state index in [4.69, 9.17) is 20.2 Å². The van der Waals surface area contributed by atoms with Crippen LogP contribution < -0.4 is 0 Å². The summed E-state index contributed by atoms with van der Waals surface area (Å²) in [6, 6.07) is 0. The molecule has 0 fully saturated rings. The zero-order valence-electron chi connectivity index (χ0n) is 6.01. The van der Waals surface area contributed by atoms with E-state index in [2.05, 4.69) is 11.5 Å². The van der Waals surface area contributed by atoms with Crippen molar-refractivity contribution in [1.82, 2.24) is 0 Å². The van der Waals surface area contributed by atoms with Gasteiger partial charge in [0.25, 0.3) is 0 Å². The van der Waals surface area contributed by atoms with Crippen LogP contribution in [0.2, 0.25) is 0 Å². The minimum Gasteiger partial charge on any atom is -0.393 e. The van der Waals surface area contributed by atoms with Crippen LogP contribution in [0.1, 0.15) is 0 Å². The molecule has 0 heterocycles. The van der Waals surface area contributed by atoms with Gasteiger partial charge in [-0.1, -0.05) is 6.08 Å². The second-order valence-electron chi connectivity index (χ2n) is 1.85. The zero-order valence-corrected chi connectivity index (χ0v) is 6.01. The highest BCUT2D eigenvalue weighted by atomic mass is 17.1. The first-order valence-corrected chi connectivity index (χ1v) is 3.08. The van der Waals surface area contributed by atoms with Crippen molar-refractivity contribution in [1.29, 1.82) is 0 Å². The van der Waals surface area contributed by atoms with E-state index in [1.54, 1.807) is 0 Å². The molecule has 0 radical (unpaired) electrons. The first-order valence-electron chi connectivity index (χ1n) is 3.08. The van der Waals surface area contributed by atoms with Crippen molar-refractivity contribution in [3.05, 3.63) is 12.7 Å². The maximum absolute atomic E-state index is 8.85. The summed E-state index contributed by atoms with van der Waals surface area (Å²) < 4.78 is 4.69. The third kappa shape index (κ3) is 4.07. The van der Waals surface area contributed by atoms with Gasteiger partial charge >= 0.3 is 0 Å². The van der Waals surface area contributed by atoms with Crippen LogP contribution in [-0.2, 0) is 9.62 Å². The molecule has 0 amide bonds. The highest BCUT2D eigenvalue weighted by Crippen LogP contribution is 1.99. The van der Waals surface area contributed by atoms with Crippen LogP contribution in [0.3, 0.4) is 0 Å². The van der Waals surface area contributed by atoms with Gasteiger partial charge in [-0.15, -0.1) is 6.58 Å². The van der Waals surface area contributed by atoms with Crippen LogP contribution in [0.25, 0.3) is 0 Å². The van der Waals surface area contributed by atoms with Crippen molar-refractivity contribution in [2.45, 2.75) is 12.4 Å². The van der Waals surface area contributed by atoms with E-state index in [1.165, 1.54) is 6.08 Å². The molecule has 0 aliphatic heterocycles. The predicted molar refractivity (Wildman–Crippen MR) is 36.7 cm³/mol. The lowest BCUT2D eigenvalue weighted by Gasteiger charge is -2.16. The highest BCUT2D eigenvalue weighted by molar-refractivity contribution is 4.66. The van der Waals surface area contributed by atoms with E-state index >= 15 is 0 Å². The molecule has 0 saturated carbocycles. The van der Waals surface area contributed by atoms with E-state index in [9.17, 15) is 0 Å². The minimum atomic E-state index is -1.25. The summed E-state index contributed by atoms with van der Waals surface area (Å²) in [4.78, 5) is 3.73. The van der Waals surface area contributed by atoms with Crippen molar-refractivity contribution in [3.63, 3.8) is 0 Å². The lowest BCUT2D eigenvalue weighted by Crippen LogP contribution is -2.33. The fraction of sp³-hybridized carbons (Fsp3) is 0.667. The Morgan fingerprint density at radius 3 is 2.55 bits per heavy atom. The molecule has 0 aliphatic carbocycles. The molecule has 0 rings (SSSR count). The van der Waals surface area contributed by atoms with Crippen molar-refractivity contribution in [2.75, 3.05) is 13.2 Å². The maximum atomic E-state index is 8.85. The Kier molecular flexibility index (Phi) is 6.00. The molecule has 2 unspecified atom stereocenters. The van der Waals surface area contributed by atoms with Gasteiger partial charge in [-0.25, -0.2) is 10.1 Å². The summed E-state index contributed by atoms with van der Waals surface area (Å²) in [6.45, 7) is 2.93. The number of aliphatic hydroxyl groups is 2. The van der Waals surface area contributed by atoms with Crippen LogP contribution in [0, 0.1) is 0 Å². The molecule has 0 aromatic heterocycles. The first kappa shape index (κ1) is 10.5. The molecule has 0 bridgehead atoms. The second kappa shape index (κ2) is 6.26. The minimum absolute atomic E-state index is 0.127. The Balaban J connectivity index is 3.64. The monoisotopic (exact) mass is 164 g/mol. The Labute approximate surface area is 64.4 Å². The molecule has 66 valence electrons. The van der Waals surface area contributed by atoms with Gasteiger partial charge in [0.2, 0.25) is 6.29 Å². The summed E-state index contributed by atoms with van der Waals surface area (Å²) in [5, 5.41) is 25.4. The molecule has 0 aliphatic rings. The average molecular weight is 164 g/mol. The summed E-state index contributed by atoms with van der Waals surface area (Å²) >= 11 is 0. The fourth-order valence-corrected chi connectivity index (χ4v) is 0.461. The summed E-state index contributed by atoms with van der Waals surface area (Å²) in [5.41, 5.74) is 0. The second-order valence-corrected chi connectivity index (χ2v) is 1.85. The highest BCUT2D eigenvalue weighted by Gasteiger charge is 2.18. The van der Waals surface area contributed by atoms with E-state index in [0.29, 0.717) is 0 Å². The third-order valence-electron chi connectivity index (χ3n) is 0.983. The van der Waals surface area contributed by atoms with Crippen molar-refractivity contribution < 1.29 is 25.1 Å².